The van der Waals surface area contributed by atoms with Gasteiger partial charge < -0.3 is 15.5 Å². The van der Waals surface area contributed by atoms with Crippen molar-refractivity contribution in [1.82, 2.24) is 5.32 Å². The molecule has 0 aliphatic carbocycles. The van der Waals surface area contributed by atoms with Gasteiger partial charge in [0.15, 0.2) is 0 Å². The molecule has 2 amide bonds. The van der Waals surface area contributed by atoms with Crippen molar-refractivity contribution in [2.75, 3.05) is 23.3 Å². The zero-order valence-electron chi connectivity index (χ0n) is 19.3. The van der Waals surface area contributed by atoms with Crippen LogP contribution in [0.3, 0.4) is 0 Å². The molecule has 1 atom stereocenters. The van der Waals surface area contributed by atoms with Crippen LogP contribution in [0.15, 0.2) is 72.8 Å². The number of hydrogen-bond donors (Lipinski definition) is 2. The van der Waals surface area contributed by atoms with Gasteiger partial charge in [-0.15, -0.1) is 0 Å². The van der Waals surface area contributed by atoms with Crippen LogP contribution < -0.4 is 15.5 Å². The normalized spacial score (nSPS) is 14.1. The molecule has 1 aliphatic rings. The fourth-order valence-corrected chi connectivity index (χ4v) is 4.08. The van der Waals surface area contributed by atoms with E-state index >= 15 is 0 Å². The van der Waals surface area contributed by atoms with Gasteiger partial charge in [-0.1, -0.05) is 49.4 Å². The van der Waals surface area contributed by atoms with Crippen LogP contribution >= 0.6 is 0 Å². The van der Waals surface area contributed by atoms with Gasteiger partial charge in [0.25, 0.3) is 11.8 Å². The SMILES string of the molecule is CCC(C)NC(=O)c1cc(NC(=O)c2ccc(-c3ccccc3)cc2)ccc1N1CCCC1. The third-order valence-corrected chi connectivity index (χ3v) is 6.19. The van der Waals surface area contributed by atoms with E-state index in [2.05, 4.69) is 15.5 Å². The average molecular weight is 442 g/mol. The van der Waals surface area contributed by atoms with Crippen molar-refractivity contribution in [3.8, 4) is 11.1 Å². The molecule has 0 bridgehead atoms. The molecule has 4 rings (SSSR count). The van der Waals surface area contributed by atoms with Crippen molar-refractivity contribution in [1.29, 1.82) is 0 Å². The molecule has 5 heteroatoms. The third kappa shape index (κ3) is 5.43. The van der Waals surface area contributed by atoms with Crippen LogP contribution in [0.5, 0.6) is 0 Å². The summed E-state index contributed by atoms with van der Waals surface area (Å²) in [6.07, 6.45) is 3.12. The summed E-state index contributed by atoms with van der Waals surface area (Å²) in [7, 11) is 0. The van der Waals surface area contributed by atoms with Crippen molar-refractivity contribution in [2.45, 2.75) is 39.2 Å². The Hall–Kier alpha value is -3.60. The highest BCUT2D eigenvalue weighted by molar-refractivity contribution is 6.06. The average Bonchev–Trinajstić information content (AvgIpc) is 3.39. The van der Waals surface area contributed by atoms with Crippen LogP contribution in [0.25, 0.3) is 11.1 Å². The molecule has 3 aromatic carbocycles. The largest absolute Gasteiger partial charge is 0.371 e. The first-order valence-corrected chi connectivity index (χ1v) is 11.7. The maximum Gasteiger partial charge on any atom is 0.255 e. The van der Waals surface area contributed by atoms with E-state index < -0.39 is 0 Å². The fraction of sp³-hybridized carbons (Fsp3) is 0.286. The summed E-state index contributed by atoms with van der Waals surface area (Å²) < 4.78 is 0. The number of nitrogens with one attached hydrogen (secondary N) is 2. The van der Waals surface area contributed by atoms with E-state index in [0.29, 0.717) is 16.8 Å². The monoisotopic (exact) mass is 441 g/mol. The number of anilines is 2. The molecule has 33 heavy (non-hydrogen) atoms. The highest BCUT2D eigenvalue weighted by Crippen LogP contribution is 2.28. The molecule has 5 nitrogen and oxygen atoms in total. The first-order chi connectivity index (χ1) is 16.0. The van der Waals surface area contributed by atoms with Crippen LogP contribution in [-0.2, 0) is 0 Å². The van der Waals surface area contributed by atoms with E-state index in [4.69, 9.17) is 0 Å². The van der Waals surface area contributed by atoms with Crippen molar-refractivity contribution < 1.29 is 9.59 Å². The maximum atomic E-state index is 13.0. The fourth-order valence-electron chi connectivity index (χ4n) is 4.08. The Morgan fingerprint density at radius 3 is 2.21 bits per heavy atom. The minimum absolute atomic E-state index is 0.0882. The topological polar surface area (TPSA) is 61.4 Å². The standard InChI is InChI=1S/C28H31N3O2/c1-3-20(2)29-28(33)25-19-24(15-16-26(25)31-17-7-8-18-31)30-27(32)23-13-11-22(12-14-23)21-9-5-4-6-10-21/h4-6,9-16,19-20H,3,7-8,17-18H2,1-2H3,(H,29,33)(H,30,32). The molecule has 3 aromatic rings. The molecule has 1 saturated heterocycles. The van der Waals surface area contributed by atoms with Crippen molar-refractivity contribution in [3.63, 3.8) is 0 Å². The van der Waals surface area contributed by atoms with Gasteiger partial charge in [-0.3, -0.25) is 9.59 Å². The van der Waals surface area contributed by atoms with Crippen LogP contribution in [-0.4, -0.2) is 30.9 Å². The molecule has 0 radical (unpaired) electrons. The smallest absolute Gasteiger partial charge is 0.255 e. The Bertz CT molecular complexity index is 1100. The van der Waals surface area contributed by atoms with Crippen LogP contribution in [0.1, 0.15) is 53.8 Å². The van der Waals surface area contributed by atoms with E-state index in [0.717, 1.165) is 49.2 Å². The Labute approximate surface area is 195 Å². The summed E-state index contributed by atoms with van der Waals surface area (Å²) in [4.78, 5) is 28.2. The molecular formula is C28H31N3O2. The van der Waals surface area contributed by atoms with E-state index in [1.54, 1.807) is 6.07 Å². The number of benzene rings is 3. The lowest BCUT2D eigenvalue weighted by atomic mass is 10.0. The van der Waals surface area contributed by atoms with Gasteiger partial charge in [0.2, 0.25) is 0 Å². The van der Waals surface area contributed by atoms with Crippen molar-refractivity contribution in [2.24, 2.45) is 0 Å². The van der Waals surface area contributed by atoms with Gasteiger partial charge in [-0.2, -0.15) is 0 Å². The second-order valence-electron chi connectivity index (χ2n) is 8.61. The molecule has 1 aliphatic heterocycles. The lowest BCUT2D eigenvalue weighted by Crippen LogP contribution is -2.33. The van der Waals surface area contributed by atoms with E-state index in [1.807, 2.05) is 80.6 Å². The predicted molar refractivity (Wildman–Crippen MR) is 135 cm³/mol. The number of carbonyl (C=O) groups is 2. The Morgan fingerprint density at radius 2 is 1.55 bits per heavy atom. The molecule has 0 aromatic heterocycles. The van der Waals surface area contributed by atoms with Crippen molar-refractivity contribution >= 4 is 23.2 Å². The molecule has 2 N–H and O–H groups in total. The second kappa shape index (κ2) is 10.3. The summed E-state index contributed by atoms with van der Waals surface area (Å²) in [6, 6.07) is 23.3. The van der Waals surface area contributed by atoms with E-state index in [-0.39, 0.29) is 17.9 Å². The summed E-state index contributed by atoms with van der Waals surface area (Å²) in [5.74, 6) is -0.300. The van der Waals surface area contributed by atoms with Gasteiger partial charge in [0, 0.05) is 36.1 Å². The Balaban J connectivity index is 1.54. The predicted octanol–water partition coefficient (Wildman–Crippen LogP) is 5.73. The lowest BCUT2D eigenvalue weighted by Gasteiger charge is -2.23. The Kier molecular flexibility index (Phi) is 7.08. The van der Waals surface area contributed by atoms with Gasteiger partial charge in [-0.25, -0.2) is 0 Å². The summed E-state index contributed by atoms with van der Waals surface area (Å²) in [5, 5.41) is 6.03. The number of hydrogen-bond acceptors (Lipinski definition) is 3. The molecule has 0 saturated carbocycles. The highest BCUT2D eigenvalue weighted by atomic mass is 16.2. The number of nitrogens with zero attached hydrogens (tertiary/aromatic N) is 1. The van der Waals surface area contributed by atoms with Gasteiger partial charge in [0.05, 0.1) is 5.56 Å². The van der Waals surface area contributed by atoms with Crippen LogP contribution in [0, 0.1) is 0 Å². The second-order valence-corrected chi connectivity index (χ2v) is 8.61. The molecule has 1 unspecified atom stereocenters. The zero-order chi connectivity index (χ0) is 23.2. The first kappa shape index (κ1) is 22.6. The number of carbonyl (C=O) groups excluding carboxylic acids is 2. The summed E-state index contributed by atoms with van der Waals surface area (Å²) in [6.45, 7) is 5.94. The van der Waals surface area contributed by atoms with E-state index in [9.17, 15) is 9.59 Å². The van der Waals surface area contributed by atoms with Crippen LogP contribution in [0.2, 0.25) is 0 Å². The molecule has 170 valence electrons. The number of rotatable bonds is 7. The van der Waals surface area contributed by atoms with Crippen molar-refractivity contribution in [3.05, 3.63) is 83.9 Å². The zero-order valence-corrected chi connectivity index (χ0v) is 19.3. The molecule has 1 heterocycles. The Morgan fingerprint density at radius 1 is 0.879 bits per heavy atom. The van der Waals surface area contributed by atoms with Gasteiger partial charge in [-0.05, 0) is 67.6 Å². The van der Waals surface area contributed by atoms with Gasteiger partial charge >= 0.3 is 0 Å². The minimum atomic E-state index is -0.197. The maximum absolute atomic E-state index is 13.0. The highest BCUT2D eigenvalue weighted by Gasteiger charge is 2.21. The third-order valence-electron chi connectivity index (χ3n) is 6.19. The van der Waals surface area contributed by atoms with Crippen LogP contribution in [0.4, 0.5) is 11.4 Å². The van der Waals surface area contributed by atoms with Gasteiger partial charge in [0.1, 0.15) is 0 Å². The first-order valence-electron chi connectivity index (χ1n) is 11.7. The molecular weight excluding hydrogens is 410 g/mol. The minimum Gasteiger partial charge on any atom is -0.371 e. The van der Waals surface area contributed by atoms with E-state index in [1.165, 1.54) is 0 Å². The lowest BCUT2D eigenvalue weighted by molar-refractivity contribution is 0.0938. The molecule has 1 fully saturated rings. The summed E-state index contributed by atoms with van der Waals surface area (Å²) >= 11 is 0. The quantitative estimate of drug-likeness (QED) is 0.492. The molecule has 0 spiro atoms. The summed E-state index contributed by atoms with van der Waals surface area (Å²) in [5.41, 5.74) is 4.89. The number of amides is 2.